The number of nitrogens with one attached hydrogen (secondary N) is 2. The number of piperazine rings is 1. The van der Waals surface area contributed by atoms with E-state index >= 15 is 4.39 Å². The second-order valence-corrected chi connectivity index (χ2v) is 25.0. The fourth-order valence-electron chi connectivity index (χ4n) is 8.05. The highest BCUT2D eigenvalue weighted by Gasteiger charge is 2.35. The number of carbonyl (C=O) groups excluding carboxylic acids is 2. The van der Waals surface area contributed by atoms with Crippen LogP contribution in [0.25, 0.3) is 22.2 Å². The number of carbonyl (C=O) groups is 2. The van der Waals surface area contributed by atoms with E-state index in [1.54, 1.807) is 36.9 Å². The average Bonchev–Trinajstić information content (AvgIpc) is 3.73. The molecule has 1 atom stereocenters. The van der Waals surface area contributed by atoms with Gasteiger partial charge in [-0.1, -0.05) is 52.0 Å². The molecular weight excluding hydrogens is 795 g/mol. The van der Waals surface area contributed by atoms with E-state index in [1.165, 1.54) is 4.57 Å². The molecule has 17 heteroatoms. The minimum absolute atomic E-state index is 0.0511. The minimum Gasteiger partial charge on any atom is -0.489 e. The lowest BCUT2D eigenvalue weighted by molar-refractivity contribution is -0.116. The monoisotopic (exact) mass is 852 g/mol. The molecule has 0 bridgehead atoms. The Hall–Kier alpha value is -4.67. The molecule has 0 saturated carbocycles. The van der Waals surface area contributed by atoms with Gasteiger partial charge in [-0.3, -0.25) is 19.0 Å². The number of aryl methyl sites for hydroxylation is 1. The standard InChI is InChI=1S/C42H58ClFN8O6Si/c1-24-19-49(8)13-14-52(24)30-18-29(33(43)37(44)47-30)46-31(53)21-51-20-28(32-38(51)45-25(2)50(9)40(32)55)26-17-27(39(54)48-42(6,7)22-41(3,4)5)35(36-34(26)57-23-58-36)56-15-16-59(10,11)12/h17-18,20,24H,13-16,19,21-23H2,1-12H3,(H,48,54)(H,46,47,53). The van der Waals surface area contributed by atoms with Gasteiger partial charge in [-0.15, -0.1) is 0 Å². The first-order chi connectivity index (χ1) is 27.4. The summed E-state index contributed by atoms with van der Waals surface area (Å²) in [6, 6.07) is 4.13. The quantitative estimate of drug-likeness (QED) is 0.112. The molecule has 2 N–H and O–H groups in total. The maximum Gasteiger partial charge on any atom is 0.263 e. The van der Waals surface area contributed by atoms with E-state index in [0.717, 1.165) is 19.1 Å². The van der Waals surface area contributed by atoms with Crippen LogP contribution in [0.1, 0.15) is 64.1 Å². The molecule has 14 nitrogen and oxygen atoms in total. The highest BCUT2D eigenvalue weighted by atomic mass is 35.5. The fraction of sp³-hybridized carbons (Fsp3) is 0.548. The number of benzene rings is 1. The van der Waals surface area contributed by atoms with Crippen LogP contribution in [0.3, 0.4) is 0 Å². The summed E-state index contributed by atoms with van der Waals surface area (Å²) in [6.07, 6.45) is 2.33. The van der Waals surface area contributed by atoms with Crippen LogP contribution in [0.5, 0.6) is 17.2 Å². The Morgan fingerprint density at radius 3 is 2.41 bits per heavy atom. The third-order valence-electron chi connectivity index (χ3n) is 10.6. The van der Waals surface area contributed by atoms with Gasteiger partial charge in [0.25, 0.3) is 11.5 Å². The number of amides is 2. The summed E-state index contributed by atoms with van der Waals surface area (Å²) >= 11 is 6.37. The van der Waals surface area contributed by atoms with Gasteiger partial charge >= 0.3 is 0 Å². The van der Waals surface area contributed by atoms with Crippen molar-refractivity contribution in [3.8, 4) is 28.4 Å². The topological polar surface area (TPSA) is 145 Å². The molecular formula is C42H58ClFN8O6Si. The number of ether oxygens (including phenoxy) is 3. The van der Waals surface area contributed by atoms with Gasteiger partial charge in [-0.05, 0) is 58.7 Å². The van der Waals surface area contributed by atoms with Gasteiger partial charge in [0.15, 0.2) is 11.5 Å². The Balaban J connectivity index is 1.44. The number of anilines is 2. The van der Waals surface area contributed by atoms with E-state index in [9.17, 15) is 14.4 Å². The first-order valence-corrected chi connectivity index (χ1v) is 24.1. The van der Waals surface area contributed by atoms with Crippen LogP contribution in [-0.2, 0) is 18.4 Å². The van der Waals surface area contributed by atoms with Gasteiger partial charge in [0.05, 0.1) is 23.2 Å². The minimum atomic E-state index is -1.52. The third kappa shape index (κ3) is 9.70. The number of fused-ring (bicyclic) bond motifs is 2. The number of nitrogens with zero attached hydrogens (tertiary/aromatic N) is 6. The van der Waals surface area contributed by atoms with Crippen LogP contribution in [0, 0.1) is 18.3 Å². The Bertz CT molecular complexity index is 2350. The summed E-state index contributed by atoms with van der Waals surface area (Å²) in [5, 5.41) is 5.86. The summed E-state index contributed by atoms with van der Waals surface area (Å²) in [6.45, 7) is 22.8. The second-order valence-electron chi connectivity index (χ2n) is 19.0. The number of pyridine rings is 1. The Morgan fingerprint density at radius 2 is 1.75 bits per heavy atom. The van der Waals surface area contributed by atoms with Crippen molar-refractivity contribution in [2.75, 3.05) is 50.3 Å². The smallest absolute Gasteiger partial charge is 0.263 e. The SMILES string of the molecule is Cc1nc2c(c(-c3cc(C(=O)NC(C)(C)CC(C)(C)C)c(OCC[Si](C)(C)C)c4c3OCO4)cn2CC(=O)Nc2cc(N3CCN(C)CC3C)nc(F)c2Cl)c(=O)n1C. The van der Waals surface area contributed by atoms with Gasteiger partial charge in [-0.25, -0.2) is 9.97 Å². The van der Waals surface area contributed by atoms with Gasteiger partial charge in [-0.2, -0.15) is 4.39 Å². The normalized spacial score (nSPS) is 16.2. The number of hydrogen-bond acceptors (Lipinski definition) is 10. The summed E-state index contributed by atoms with van der Waals surface area (Å²) < 4.78 is 36.7. The van der Waals surface area contributed by atoms with Crippen LogP contribution in [0.15, 0.2) is 23.1 Å². The lowest BCUT2D eigenvalue weighted by Crippen LogP contribution is -2.50. The molecule has 6 rings (SSSR count). The molecule has 4 aromatic rings. The van der Waals surface area contributed by atoms with E-state index in [0.29, 0.717) is 48.1 Å². The largest absolute Gasteiger partial charge is 0.489 e. The summed E-state index contributed by atoms with van der Waals surface area (Å²) in [5.41, 5.74) is 0.256. The zero-order valence-corrected chi connectivity index (χ0v) is 38.1. The van der Waals surface area contributed by atoms with Crippen molar-refractivity contribution in [3.63, 3.8) is 0 Å². The van der Waals surface area contributed by atoms with Crippen LogP contribution < -0.4 is 35.3 Å². The molecule has 1 saturated heterocycles. The van der Waals surface area contributed by atoms with Crippen molar-refractivity contribution in [3.05, 3.63) is 51.0 Å². The van der Waals surface area contributed by atoms with E-state index in [2.05, 4.69) is 60.9 Å². The maximum atomic E-state index is 15.2. The summed E-state index contributed by atoms with van der Waals surface area (Å²) in [5.74, 6) is -0.222. The van der Waals surface area contributed by atoms with Gasteiger partial charge in [0.2, 0.25) is 24.4 Å². The number of halogens is 2. The molecule has 5 heterocycles. The Morgan fingerprint density at radius 1 is 1.05 bits per heavy atom. The zero-order chi connectivity index (χ0) is 43.4. The molecule has 3 aromatic heterocycles. The van der Waals surface area contributed by atoms with Crippen LogP contribution >= 0.6 is 11.6 Å². The molecule has 2 aliphatic rings. The van der Waals surface area contributed by atoms with Gasteiger partial charge in [0.1, 0.15) is 28.9 Å². The molecule has 0 aliphatic carbocycles. The summed E-state index contributed by atoms with van der Waals surface area (Å²) in [7, 11) is 2.12. The third-order valence-corrected chi connectivity index (χ3v) is 12.7. The highest BCUT2D eigenvalue weighted by Crippen LogP contribution is 2.51. The molecule has 1 unspecified atom stereocenters. The van der Waals surface area contributed by atoms with Gasteiger partial charge < -0.3 is 39.2 Å². The maximum absolute atomic E-state index is 15.2. The van der Waals surface area contributed by atoms with Crippen LogP contribution in [0.4, 0.5) is 15.9 Å². The molecule has 2 aliphatic heterocycles. The lowest BCUT2D eigenvalue weighted by Gasteiger charge is -2.39. The predicted octanol–water partition coefficient (Wildman–Crippen LogP) is 7.07. The van der Waals surface area contributed by atoms with Crippen molar-refractivity contribution < 1.29 is 28.2 Å². The van der Waals surface area contributed by atoms with E-state index in [1.807, 2.05) is 32.7 Å². The predicted molar refractivity (Wildman–Crippen MR) is 233 cm³/mol. The first kappa shape index (κ1) is 43.9. The molecule has 59 heavy (non-hydrogen) atoms. The average molecular weight is 854 g/mol. The molecule has 320 valence electrons. The molecule has 0 radical (unpaired) electrons. The first-order valence-electron chi connectivity index (χ1n) is 20.0. The van der Waals surface area contributed by atoms with E-state index < -0.39 is 25.5 Å². The number of aromatic nitrogens is 4. The van der Waals surface area contributed by atoms with Crippen molar-refractivity contribution in [1.29, 1.82) is 0 Å². The molecule has 0 spiro atoms. The number of hydrogen-bond donors (Lipinski definition) is 2. The van der Waals surface area contributed by atoms with Crippen LogP contribution in [0.2, 0.25) is 30.7 Å². The zero-order valence-electron chi connectivity index (χ0n) is 36.4. The van der Waals surface area contributed by atoms with E-state index in [-0.39, 0.29) is 75.1 Å². The summed E-state index contributed by atoms with van der Waals surface area (Å²) in [4.78, 5) is 55.4. The highest BCUT2D eigenvalue weighted by molar-refractivity contribution is 6.76. The number of likely N-dealkylation sites (N-methyl/N-ethyl adjacent to an activating group) is 1. The van der Waals surface area contributed by atoms with Crippen LogP contribution in [-0.4, -0.2) is 95.6 Å². The van der Waals surface area contributed by atoms with Gasteiger partial charge in [0, 0.05) is 69.7 Å². The van der Waals surface area contributed by atoms with Crippen molar-refractivity contribution >= 4 is 54.0 Å². The molecule has 1 aromatic carbocycles. The Kier molecular flexibility index (Phi) is 12.2. The fourth-order valence-corrected chi connectivity index (χ4v) is 8.91. The molecule has 1 fully saturated rings. The lowest BCUT2D eigenvalue weighted by atomic mass is 9.81. The van der Waals surface area contributed by atoms with E-state index in [4.69, 9.17) is 30.8 Å². The molecule has 2 amide bonds. The van der Waals surface area contributed by atoms with Crippen molar-refractivity contribution in [1.82, 2.24) is 29.3 Å². The number of rotatable bonds is 12. The second kappa shape index (κ2) is 16.4. The van der Waals surface area contributed by atoms with Crippen molar-refractivity contribution in [2.24, 2.45) is 12.5 Å². The van der Waals surface area contributed by atoms with Crippen molar-refractivity contribution in [2.45, 2.75) is 98.7 Å². The Labute approximate surface area is 351 Å².